The summed E-state index contributed by atoms with van der Waals surface area (Å²) >= 11 is 0. The molecule has 5 nitrogen and oxygen atoms in total. The molecule has 0 unspecified atom stereocenters. The fourth-order valence-corrected chi connectivity index (χ4v) is 1.16. The first kappa shape index (κ1) is 12.9. The number of amides is 1. The lowest BCUT2D eigenvalue weighted by Gasteiger charge is -2.09. The van der Waals surface area contributed by atoms with E-state index in [0.29, 0.717) is 0 Å². The quantitative estimate of drug-likeness (QED) is 0.836. The second-order valence-corrected chi connectivity index (χ2v) is 3.23. The number of benzene rings is 1. The summed E-state index contributed by atoms with van der Waals surface area (Å²) in [6.45, 7) is 1.03. The number of rotatable bonds is 3. The lowest BCUT2D eigenvalue weighted by molar-refractivity contribution is 0.131. The Morgan fingerprint density at radius 2 is 2.35 bits per heavy atom. The summed E-state index contributed by atoms with van der Waals surface area (Å²) in [5, 5.41) is 19.4. The van der Waals surface area contributed by atoms with Crippen molar-refractivity contribution < 1.29 is 19.0 Å². The third kappa shape index (κ3) is 3.43. The Kier molecular flexibility index (Phi) is 4.43. The standard InChI is InChI=1S/C11H11FN2O3/c1-7-9(12)4-8(6-13)5-10(7)14-11(16)17-3-2-15/h4-5,15H,2-3H2,1H3,(H,14,16). The maximum atomic E-state index is 13.3. The molecule has 6 heteroatoms. The molecular formula is C11H11FN2O3. The Balaban J connectivity index is 2.87. The van der Waals surface area contributed by atoms with Crippen LogP contribution in [0.2, 0.25) is 0 Å². The van der Waals surface area contributed by atoms with Crippen LogP contribution in [0.3, 0.4) is 0 Å². The highest BCUT2D eigenvalue weighted by Gasteiger charge is 2.10. The fourth-order valence-electron chi connectivity index (χ4n) is 1.16. The van der Waals surface area contributed by atoms with Gasteiger partial charge in [-0.2, -0.15) is 5.26 Å². The maximum Gasteiger partial charge on any atom is 0.411 e. The van der Waals surface area contributed by atoms with Crippen molar-refractivity contribution in [2.45, 2.75) is 6.92 Å². The molecule has 0 bridgehead atoms. The molecule has 0 heterocycles. The summed E-state index contributed by atoms with van der Waals surface area (Å²) in [5.74, 6) is -0.582. The summed E-state index contributed by atoms with van der Waals surface area (Å²) in [5.41, 5.74) is 0.486. The zero-order valence-corrected chi connectivity index (χ0v) is 9.16. The number of ether oxygens (including phenoxy) is 1. The second-order valence-electron chi connectivity index (χ2n) is 3.23. The Bertz CT molecular complexity index is 469. The molecule has 17 heavy (non-hydrogen) atoms. The summed E-state index contributed by atoms with van der Waals surface area (Å²) in [4.78, 5) is 11.2. The Hall–Kier alpha value is -2.13. The van der Waals surface area contributed by atoms with E-state index in [4.69, 9.17) is 10.4 Å². The first-order valence-electron chi connectivity index (χ1n) is 4.83. The predicted molar refractivity (Wildman–Crippen MR) is 57.9 cm³/mol. The SMILES string of the molecule is Cc1c(F)cc(C#N)cc1NC(=O)OCCO. The van der Waals surface area contributed by atoms with E-state index >= 15 is 0 Å². The lowest BCUT2D eigenvalue weighted by Crippen LogP contribution is -2.16. The number of hydrogen-bond donors (Lipinski definition) is 2. The van der Waals surface area contributed by atoms with E-state index < -0.39 is 11.9 Å². The largest absolute Gasteiger partial charge is 0.447 e. The van der Waals surface area contributed by atoms with Crippen LogP contribution in [0.15, 0.2) is 12.1 Å². The van der Waals surface area contributed by atoms with Crippen molar-refractivity contribution in [3.05, 3.63) is 29.1 Å². The average molecular weight is 238 g/mol. The van der Waals surface area contributed by atoms with E-state index in [1.54, 1.807) is 6.07 Å². The summed E-state index contributed by atoms with van der Waals surface area (Å²) < 4.78 is 17.9. The summed E-state index contributed by atoms with van der Waals surface area (Å²) in [6, 6.07) is 4.21. The van der Waals surface area contributed by atoms with Gasteiger partial charge in [0.05, 0.1) is 23.9 Å². The van der Waals surface area contributed by atoms with Crippen LogP contribution >= 0.6 is 0 Å². The first-order valence-corrected chi connectivity index (χ1v) is 4.83. The summed E-state index contributed by atoms with van der Waals surface area (Å²) in [7, 11) is 0. The second kappa shape index (κ2) is 5.82. The van der Waals surface area contributed by atoms with Crippen molar-refractivity contribution in [3.8, 4) is 6.07 Å². The molecule has 0 spiro atoms. The van der Waals surface area contributed by atoms with Gasteiger partial charge in [0.2, 0.25) is 0 Å². The van der Waals surface area contributed by atoms with Crippen molar-refractivity contribution in [1.29, 1.82) is 5.26 Å². The minimum atomic E-state index is -0.809. The molecule has 1 amide bonds. The smallest absolute Gasteiger partial charge is 0.411 e. The molecule has 0 radical (unpaired) electrons. The normalized spacial score (nSPS) is 9.53. The maximum absolute atomic E-state index is 13.3. The zero-order chi connectivity index (χ0) is 12.8. The molecule has 0 fully saturated rings. The van der Waals surface area contributed by atoms with Crippen LogP contribution in [0.4, 0.5) is 14.9 Å². The van der Waals surface area contributed by atoms with Gasteiger partial charge in [0.25, 0.3) is 0 Å². The highest BCUT2D eigenvalue weighted by Crippen LogP contribution is 2.20. The van der Waals surface area contributed by atoms with E-state index in [9.17, 15) is 9.18 Å². The molecule has 2 N–H and O–H groups in total. The zero-order valence-electron chi connectivity index (χ0n) is 9.16. The molecule has 0 aliphatic heterocycles. The van der Waals surface area contributed by atoms with Gasteiger partial charge < -0.3 is 9.84 Å². The molecule has 1 aromatic carbocycles. The van der Waals surface area contributed by atoms with Crippen LogP contribution in [-0.4, -0.2) is 24.4 Å². The van der Waals surface area contributed by atoms with Gasteiger partial charge in [-0.3, -0.25) is 5.32 Å². The number of carbonyl (C=O) groups excluding carboxylic acids is 1. The number of nitriles is 1. The Morgan fingerprint density at radius 3 is 2.94 bits per heavy atom. The molecule has 90 valence electrons. The van der Waals surface area contributed by atoms with Crippen molar-refractivity contribution in [2.75, 3.05) is 18.5 Å². The van der Waals surface area contributed by atoms with Crippen molar-refractivity contribution in [3.63, 3.8) is 0 Å². The highest BCUT2D eigenvalue weighted by atomic mass is 19.1. The number of hydrogen-bond acceptors (Lipinski definition) is 4. The van der Waals surface area contributed by atoms with Crippen molar-refractivity contribution >= 4 is 11.8 Å². The minimum absolute atomic E-state index is 0.102. The van der Waals surface area contributed by atoms with Gasteiger partial charge >= 0.3 is 6.09 Å². The van der Waals surface area contributed by atoms with E-state index in [2.05, 4.69) is 10.1 Å². The van der Waals surface area contributed by atoms with Crippen LogP contribution in [0.1, 0.15) is 11.1 Å². The molecule has 0 aliphatic rings. The van der Waals surface area contributed by atoms with Crippen LogP contribution in [0, 0.1) is 24.1 Å². The first-order chi connectivity index (χ1) is 8.08. The van der Waals surface area contributed by atoms with E-state index in [1.807, 2.05) is 0 Å². The van der Waals surface area contributed by atoms with Gasteiger partial charge in [0.15, 0.2) is 0 Å². The number of nitrogens with one attached hydrogen (secondary N) is 1. The van der Waals surface area contributed by atoms with Gasteiger partial charge in [-0.15, -0.1) is 0 Å². The third-order valence-corrected chi connectivity index (χ3v) is 2.03. The van der Waals surface area contributed by atoms with E-state index in [1.165, 1.54) is 13.0 Å². The average Bonchev–Trinajstić information content (AvgIpc) is 2.32. The van der Waals surface area contributed by atoms with Gasteiger partial charge in [-0.05, 0) is 19.1 Å². The number of aliphatic hydroxyl groups excluding tert-OH is 1. The van der Waals surface area contributed by atoms with Crippen LogP contribution < -0.4 is 5.32 Å². The molecule has 0 aromatic heterocycles. The van der Waals surface area contributed by atoms with Gasteiger partial charge in [-0.1, -0.05) is 0 Å². The Labute approximate surface area is 97.4 Å². The molecular weight excluding hydrogens is 227 g/mol. The van der Waals surface area contributed by atoms with E-state index in [-0.39, 0.29) is 30.0 Å². The summed E-state index contributed by atoms with van der Waals surface area (Å²) in [6.07, 6.45) is -0.809. The minimum Gasteiger partial charge on any atom is -0.447 e. The highest BCUT2D eigenvalue weighted by molar-refractivity contribution is 5.86. The number of anilines is 1. The predicted octanol–water partition coefficient (Wildman–Crippen LogP) is 1.55. The van der Waals surface area contributed by atoms with Crippen LogP contribution in [-0.2, 0) is 4.74 Å². The van der Waals surface area contributed by atoms with Gasteiger partial charge in [-0.25, -0.2) is 9.18 Å². The molecule has 0 atom stereocenters. The number of aliphatic hydroxyl groups is 1. The van der Waals surface area contributed by atoms with Crippen molar-refractivity contribution in [1.82, 2.24) is 0 Å². The van der Waals surface area contributed by atoms with Gasteiger partial charge in [0.1, 0.15) is 12.4 Å². The molecule has 0 saturated carbocycles. The molecule has 0 aliphatic carbocycles. The fraction of sp³-hybridized carbons (Fsp3) is 0.273. The number of halogens is 1. The molecule has 1 aromatic rings. The monoisotopic (exact) mass is 238 g/mol. The molecule has 0 saturated heterocycles. The lowest BCUT2D eigenvalue weighted by atomic mass is 10.1. The topological polar surface area (TPSA) is 82.4 Å². The van der Waals surface area contributed by atoms with Crippen LogP contribution in [0.5, 0.6) is 0 Å². The van der Waals surface area contributed by atoms with E-state index in [0.717, 1.165) is 6.07 Å². The number of carbonyl (C=O) groups is 1. The Morgan fingerprint density at radius 1 is 1.65 bits per heavy atom. The molecule has 1 rings (SSSR count). The number of nitrogens with zero attached hydrogens (tertiary/aromatic N) is 1. The van der Waals surface area contributed by atoms with Crippen LogP contribution in [0.25, 0.3) is 0 Å². The third-order valence-electron chi connectivity index (χ3n) is 2.03. The van der Waals surface area contributed by atoms with Crippen molar-refractivity contribution in [2.24, 2.45) is 0 Å². The van der Waals surface area contributed by atoms with Gasteiger partial charge in [0, 0.05) is 5.56 Å².